The molecule has 1 aliphatic carbocycles. The summed E-state index contributed by atoms with van der Waals surface area (Å²) >= 11 is 0. The molecule has 0 spiro atoms. The van der Waals surface area contributed by atoms with Crippen LogP contribution in [0.2, 0.25) is 0 Å². The molecule has 1 unspecified atom stereocenters. The molecule has 2 heteroatoms. The molecule has 0 aromatic rings. The van der Waals surface area contributed by atoms with E-state index in [1.54, 1.807) is 0 Å². The Morgan fingerprint density at radius 3 is 2.29 bits per heavy atom. The maximum absolute atomic E-state index is 6.64. The third-order valence-electron chi connectivity index (χ3n) is 5.13. The zero-order chi connectivity index (χ0) is 12.4. The van der Waals surface area contributed by atoms with Crippen LogP contribution in [0.1, 0.15) is 65.7 Å². The second-order valence-electron chi connectivity index (χ2n) is 6.24. The Morgan fingerprint density at radius 1 is 1.06 bits per heavy atom. The lowest BCUT2D eigenvalue weighted by molar-refractivity contribution is -0.200. The smallest absolute Gasteiger partial charge is 0.0814 e. The van der Waals surface area contributed by atoms with E-state index in [9.17, 15) is 0 Å². The maximum Gasteiger partial charge on any atom is 0.0814 e. The van der Waals surface area contributed by atoms with Crippen molar-refractivity contribution in [1.29, 1.82) is 0 Å². The van der Waals surface area contributed by atoms with Gasteiger partial charge in [0.15, 0.2) is 0 Å². The summed E-state index contributed by atoms with van der Waals surface area (Å²) in [5, 5.41) is 3.64. The fourth-order valence-corrected chi connectivity index (χ4v) is 3.69. The highest BCUT2D eigenvalue weighted by molar-refractivity contribution is 4.97. The van der Waals surface area contributed by atoms with E-state index in [1.165, 1.54) is 32.1 Å². The summed E-state index contributed by atoms with van der Waals surface area (Å²) in [5.41, 5.74) is 0.162. The number of hydrogen-bond donors (Lipinski definition) is 1. The lowest BCUT2D eigenvalue weighted by Gasteiger charge is -2.51. The molecule has 1 saturated heterocycles. The van der Waals surface area contributed by atoms with Gasteiger partial charge in [-0.2, -0.15) is 0 Å². The molecule has 1 saturated carbocycles. The molecule has 0 aromatic heterocycles. The molecule has 2 rings (SSSR count). The Balaban J connectivity index is 2.07. The molecule has 1 heterocycles. The van der Waals surface area contributed by atoms with Gasteiger partial charge in [0.25, 0.3) is 0 Å². The van der Waals surface area contributed by atoms with Crippen molar-refractivity contribution in [1.82, 2.24) is 5.32 Å². The highest BCUT2D eigenvalue weighted by Crippen LogP contribution is 2.40. The predicted octanol–water partition coefficient (Wildman–Crippen LogP) is 3.50. The van der Waals surface area contributed by atoms with Crippen LogP contribution in [0.25, 0.3) is 0 Å². The number of nitrogens with one attached hydrogen (secondary N) is 1. The quantitative estimate of drug-likeness (QED) is 0.814. The Kier molecular flexibility index (Phi) is 4.14. The van der Waals surface area contributed by atoms with Gasteiger partial charge in [-0.15, -0.1) is 0 Å². The van der Waals surface area contributed by atoms with Gasteiger partial charge in [0, 0.05) is 13.1 Å². The second kappa shape index (κ2) is 5.27. The van der Waals surface area contributed by atoms with Crippen LogP contribution >= 0.6 is 0 Å². The molecule has 1 aliphatic heterocycles. The fraction of sp³-hybridized carbons (Fsp3) is 1.00. The summed E-state index contributed by atoms with van der Waals surface area (Å²) in [6, 6.07) is 0. The van der Waals surface area contributed by atoms with E-state index in [-0.39, 0.29) is 11.2 Å². The minimum absolute atomic E-state index is 0.0741. The van der Waals surface area contributed by atoms with Crippen LogP contribution in [0.5, 0.6) is 0 Å². The van der Waals surface area contributed by atoms with Crippen LogP contribution in [0.15, 0.2) is 0 Å². The van der Waals surface area contributed by atoms with E-state index in [0.717, 1.165) is 31.8 Å². The van der Waals surface area contributed by atoms with Crippen molar-refractivity contribution < 1.29 is 4.74 Å². The van der Waals surface area contributed by atoms with E-state index >= 15 is 0 Å². The number of ether oxygens (including phenoxy) is 1. The van der Waals surface area contributed by atoms with Gasteiger partial charge >= 0.3 is 0 Å². The van der Waals surface area contributed by atoms with Crippen molar-refractivity contribution in [2.45, 2.75) is 76.9 Å². The van der Waals surface area contributed by atoms with E-state index < -0.39 is 0 Å². The molecule has 1 N–H and O–H groups in total. The first-order chi connectivity index (χ1) is 8.14. The Morgan fingerprint density at radius 2 is 1.71 bits per heavy atom. The predicted molar refractivity (Wildman–Crippen MR) is 72.2 cm³/mol. The monoisotopic (exact) mass is 239 g/mol. The van der Waals surface area contributed by atoms with Gasteiger partial charge in [-0.1, -0.05) is 33.1 Å². The van der Waals surface area contributed by atoms with Gasteiger partial charge in [0.2, 0.25) is 0 Å². The molecule has 2 nitrogen and oxygen atoms in total. The first-order valence-corrected chi connectivity index (χ1v) is 7.55. The van der Waals surface area contributed by atoms with Crippen LogP contribution in [0, 0.1) is 5.92 Å². The minimum atomic E-state index is 0.0741. The largest absolute Gasteiger partial charge is 0.366 e. The summed E-state index contributed by atoms with van der Waals surface area (Å²) in [6.45, 7) is 8.94. The van der Waals surface area contributed by atoms with Gasteiger partial charge in [-0.3, -0.25) is 0 Å². The van der Waals surface area contributed by atoms with E-state index in [2.05, 4.69) is 26.1 Å². The Labute approximate surface area is 107 Å². The standard InChI is InChI=1S/C15H29NO/c1-4-15(5-2)12-16-11-14(3,17-15)13-9-7-6-8-10-13/h13,16H,4-12H2,1-3H3. The Bertz CT molecular complexity index is 243. The zero-order valence-electron chi connectivity index (χ0n) is 11.8. The molecule has 1 atom stereocenters. The van der Waals surface area contributed by atoms with Crippen molar-refractivity contribution in [2.24, 2.45) is 5.92 Å². The number of rotatable bonds is 3. The van der Waals surface area contributed by atoms with Gasteiger partial charge in [-0.05, 0) is 38.5 Å². The third-order valence-corrected chi connectivity index (χ3v) is 5.13. The molecule has 0 radical (unpaired) electrons. The second-order valence-corrected chi connectivity index (χ2v) is 6.24. The van der Waals surface area contributed by atoms with Crippen molar-refractivity contribution in [3.63, 3.8) is 0 Å². The van der Waals surface area contributed by atoms with Crippen LogP contribution in [0.4, 0.5) is 0 Å². The van der Waals surface area contributed by atoms with Crippen molar-refractivity contribution >= 4 is 0 Å². The van der Waals surface area contributed by atoms with E-state index in [1.807, 2.05) is 0 Å². The van der Waals surface area contributed by atoms with Crippen LogP contribution < -0.4 is 5.32 Å². The van der Waals surface area contributed by atoms with Crippen LogP contribution in [0.3, 0.4) is 0 Å². The molecule has 100 valence electrons. The van der Waals surface area contributed by atoms with E-state index in [0.29, 0.717) is 0 Å². The zero-order valence-corrected chi connectivity index (χ0v) is 11.8. The molecular weight excluding hydrogens is 210 g/mol. The summed E-state index contributed by atoms with van der Waals surface area (Å²) in [6.07, 6.45) is 9.19. The fourth-order valence-electron chi connectivity index (χ4n) is 3.69. The molecule has 2 aliphatic rings. The molecular formula is C15H29NO. The molecule has 0 amide bonds. The highest BCUT2D eigenvalue weighted by Gasteiger charge is 2.45. The summed E-state index contributed by atoms with van der Waals surface area (Å²) < 4.78 is 6.64. The summed E-state index contributed by atoms with van der Waals surface area (Å²) in [7, 11) is 0. The lowest BCUT2D eigenvalue weighted by atomic mass is 9.76. The van der Waals surface area contributed by atoms with Gasteiger partial charge < -0.3 is 10.1 Å². The summed E-state index contributed by atoms with van der Waals surface area (Å²) in [4.78, 5) is 0. The van der Waals surface area contributed by atoms with Crippen molar-refractivity contribution in [2.75, 3.05) is 13.1 Å². The molecule has 17 heavy (non-hydrogen) atoms. The highest BCUT2D eigenvalue weighted by atomic mass is 16.5. The minimum Gasteiger partial charge on any atom is -0.366 e. The lowest BCUT2D eigenvalue weighted by Crippen LogP contribution is -2.61. The van der Waals surface area contributed by atoms with Crippen molar-refractivity contribution in [3.05, 3.63) is 0 Å². The Hall–Kier alpha value is -0.0800. The van der Waals surface area contributed by atoms with Gasteiger partial charge in [0.05, 0.1) is 11.2 Å². The maximum atomic E-state index is 6.64. The average Bonchev–Trinajstić information content (AvgIpc) is 2.40. The van der Waals surface area contributed by atoms with Crippen LogP contribution in [-0.2, 0) is 4.74 Å². The number of morpholine rings is 1. The van der Waals surface area contributed by atoms with Crippen molar-refractivity contribution in [3.8, 4) is 0 Å². The first-order valence-electron chi connectivity index (χ1n) is 7.55. The van der Waals surface area contributed by atoms with E-state index in [4.69, 9.17) is 4.74 Å². The molecule has 0 aromatic carbocycles. The first kappa shape index (κ1) is 13.4. The molecule has 0 bridgehead atoms. The molecule has 2 fully saturated rings. The SMILES string of the molecule is CCC1(CC)CNCC(C)(C2CCCCC2)O1. The van der Waals surface area contributed by atoms with Crippen LogP contribution in [-0.4, -0.2) is 24.3 Å². The third kappa shape index (κ3) is 2.68. The van der Waals surface area contributed by atoms with Gasteiger partial charge in [0.1, 0.15) is 0 Å². The average molecular weight is 239 g/mol. The summed E-state index contributed by atoms with van der Waals surface area (Å²) in [5.74, 6) is 0.765. The number of hydrogen-bond acceptors (Lipinski definition) is 2. The normalized spacial score (nSPS) is 34.8. The topological polar surface area (TPSA) is 21.3 Å². The van der Waals surface area contributed by atoms with Gasteiger partial charge in [-0.25, -0.2) is 0 Å².